The number of nitrogens with zero attached hydrogens (tertiary/aromatic N) is 1. The molecular formula is C15H21N3O3. The van der Waals surface area contributed by atoms with Gasteiger partial charge in [-0.05, 0) is 25.0 Å². The first-order chi connectivity index (χ1) is 10.0. The van der Waals surface area contributed by atoms with Crippen LogP contribution in [0.25, 0.3) is 0 Å². The van der Waals surface area contributed by atoms with Crippen LogP contribution in [0, 0.1) is 0 Å². The van der Waals surface area contributed by atoms with E-state index in [0.29, 0.717) is 24.5 Å². The zero-order valence-corrected chi connectivity index (χ0v) is 12.2. The zero-order valence-electron chi connectivity index (χ0n) is 12.2. The van der Waals surface area contributed by atoms with Gasteiger partial charge in [0.15, 0.2) is 6.61 Å². The van der Waals surface area contributed by atoms with E-state index in [0.717, 1.165) is 12.8 Å². The Morgan fingerprint density at radius 1 is 1.48 bits per heavy atom. The van der Waals surface area contributed by atoms with Crippen LogP contribution in [-0.4, -0.2) is 42.5 Å². The number of nitrogens with two attached hydrogens (primary N) is 1. The number of likely N-dealkylation sites (tertiary alicyclic amines) is 1. The van der Waals surface area contributed by atoms with E-state index in [4.69, 9.17) is 10.5 Å². The van der Waals surface area contributed by atoms with E-state index < -0.39 is 0 Å². The van der Waals surface area contributed by atoms with Gasteiger partial charge in [-0.2, -0.15) is 0 Å². The molecule has 1 aliphatic rings. The van der Waals surface area contributed by atoms with E-state index in [-0.39, 0.29) is 24.5 Å². The van der Waals surface area contributed by atoms with Crippen LogP contribution in [0.15, 0.2) is 24.3 Å². The SMILES string of the molecule is CC(=O)NC1CCCN(C(=O)COc2cccc(N)c2)C1. The summed E-state index contributed by atoms with van der Waals surface area (Å²) in [6, 6.07) is 7.02. The third kappa shape index (κ3) is 4.66. The quantitative estimate of drug-likeness (QED) is 0.803. The monoisotopic (exact) mass is 291 g/mol. The molecule has 1 heterocycles. The third-order valence-electron chi connectivity index (χ3n) is 3.40. The Bertz CT molecular complexity index is 519. The minimum absolute atomic E-state index is 0.0176. The summed E-state index contributed by atoms with van der Waals surface area (Å²) in [5.41, 5.74) is 6.26. The first-order valence-electron chi connectivity index (χ1n) is 7.08. The van der Waals surface area contributed by atoms with Crippen molar-refractivity contribution in [3.63, 3.8) is 0 Å². The molecule has 1 fully saturated rings. The molecular weight excluding hydrogens is 270 g/mol. The van der Waals surface area contributed by atoms with Crippen molar-refractivity contribution in [1.29, 1.82) is 0 Å². The smallest absolute Gasteiger partial charge is 0.260 e. The number of nitrogens with one attached hydrogen (secondary N) is 1. The van der Waals surface area contributed by atoms with E-state index in [2.05, 4.69) is 5.32 Å². The summed E-state index contributed by atoms with van der Waals surface area (Å²) in [6.07, 6.45) is 1.79. The maximum absolute atomic E-state index is 12.1. The van der Waals surface area contributed by atoms with E-state index in [1.807, 2.05) is 0 Å². The number of hydrogen-bond acceptors (Lipinski definition) is 4. The molecule has 0 aliphatic carbocycles. The van der Waals surface area contributed by atoms with E-state index in [1.165, 1.54) is 6.92 Å². The van der Waals surface area contributed by atoms with Gasteiger partial charge in [0.05, 0.1) is 0 Å². The second-order valence-corrected chi connectivity index (χ2v) is 5.24. The molecule has 2 rings (SSSR count). The molecule has 0 spiro atoms. The molecule has 3 N–H and O–H groups in total. The largest absolute Gasteiger partial charge is 0.484 e. The first kappa shape index (κ1) is 15.2. The lowest BCUT2D eigenvalue weighted by Gasteiger charge is -2.32. The molecule has 0 bridgehead atoms. The van der Waals surface area contributed by atoms with E-state index >= 15 is 0 Å². The Kier molecular flexibility index (Phi) is 5.03. The highest BCUT2D eigenvalue weighted by Crippen LogP contribution is 2.15. The summed E-state index contributed by atoms with van der Waals surface area (Å²) < 4.78 is 5.46. The van der Waals surface area contributed by atoms with Crippen LogP contribution in [0.2, 0.25) is 0 Å². The molecule has 1 unspecified atom stereocenters. The fraction of sp³-hybridized carbons (Fsp3) is 0.467. The lowest BCUT2D eigenvalue weighted by atomic mass is 10.1. The molecule has 114 valence electrons. The Morgan fingerprint density at radius 3 is 3.00 bits per heavy atom. The molecule has 6 heteroatoms. The highest BCUT2D eigenvalue weighted by molar-refractivity contribution is 5.78. The van der Waals surface area contributed by atoms with Gasteiger partial charge in [0.25, 0.3) is 5.91 Å². The first-order valence-corrected chi connectivity index (χ1v) is 7.08. The fourth-order valence-electron chi connectivity index (χ4n) is 2.45. The van der Waals surface area contributed by atoms with Gasteiger partial charge in [-0.1, -0.05) is 6.07 Å². The standard InChI is InChI=1S/C15H21N3O3/c1-11(19)17-13-5-3-7-18(9-13)15(20)10-21-14-6-2-4-12(16)8-14/h2,4,6,8,13H,3,5,7,9-10,16H2,1H3,(H,17,19). The number of anilines is 1. The normalized spacial score (nSPS) is 18.1. The van der Waals surface area contributed by atoms with Gasteiger partial charge in [-0.15, -0.1) is 0 Å². The predicted octanol–water partition coefficient (Wildman–Crippen LogP) is 0.775. The molecule has 1 aromatic rings. The highest BCUT2D eigenvalue weighted by atomic mass is 16.5. The van der Waals surface area contributed by atoms with Crippen LogP contribution >= 0.6 is 0 Å². The van der Waals surface area contributed by atoms with Crippen LogP contribution < -0.4 is 15.8 Å². The Hall–Kier alpha value is -2.24. The van der Waals surface area contributed by atoms with Gasteiger partial charge >= 0.3 is 0 Å². The third-order valence-corrected chi connectivity index (χ3v) is 3.40. The fourth-order valence-corrected chi connectivity index (χ4v) is 2.45. The predicted molar refractivity (Wildman–Crippen MR) is 79.8 cm³/mol. The minimum atomic E-state index is -0.0764. The van der Waals surface area contributed by atoms with Gasteiger partial charge in [-0.3, -0.25) is 9.59 Å². The zero-order chi connectivity index (χ0) is 15.2. The highest BCUT2D eigenvalue weighted by Gasteiger charge is 2.24. The number of benzene rings is 1. The average Bonchev–Trinajstić information content (AvgIpc) is 2.44. The molecule has 21 heavy (non-hydrogen) atoms. The van der Waals surface area contributed by atoms with Gasteiger partial charge in [0, 0.05) is 37.8 Å². The summed E-state index contributed by atoms with van der Waals surface area (Å²) in [5, 5.41) is 2.86. The molecule has 1 aromatic carbocycles. The number of nitrogen functional groups attached to an aromatic ring is 1. The summed E-state index contributed by atoms with van der Waals surface area (Å²) in [6.45, 7) is 2.72. The van der Waals surface area contributed by atoms with Gasteiger partial charge in [0.1, 0.15) is 5.75 Å². The van der Waals surface area contributed by atoms with Crippen LogP contribution in [0.4, 0.5) is 5.69 Å². The summed E-state index contributed by atoms with van der Waals surface area (Å²) in [7, 11) is 0. The van der Waals surface area contributed by atoms with Crippen LogP contribution in [0.1, 0.15) is 19.8 Å². The van der Waals surface area contributed by atoms with E-state index in [1.54, 1.807) is 29.2 Å². The minimum Gasteiger partial charge on any atom is -0.484 e. The van der Waals surface area contributed by atoms with E-state index in [9.17, 15) is 9.59 Å². The molecule has 6 nitrogen and oxygen atoms in total. The number of hydrogen-bond donors (Lipinski definition) is 2. The van der Waals surface area contributed by atoms with Crippen molar-refractivity contribution in [2.24, 2.45) is 0 Å². The number of ether oxygens (including phenoxy) is 1. The van der Waals surface area contributed by atoms with Crippen LogP contribution in [-0.2, 0) is 9.59 Å². The van der Waals surface area contributed by atoms with Gasteiger partial charge in [0.2, 0.25) is 5.91 Å². The number of carbonyl (C=O) groups excluding carboxylic acids is 2. The van der Waals surface area contributed by atoms with Gasteiger partial charge < -0.3 is 20.7 Å². The van der Waals surface area contributed by atoms with Crippen LogP contribution in [0.3, 0.4) is 0 Å². The lowest BCUT2D eigenvalue weighted by molar-refractivity contribution is -0.135. The van der Waals surface area contributed by atoms with Crippen molar-refractivity contribution in [2.45, 2.75) is 25.8 Å². The van der Waals surface area contributed by atoms with Crippen molar-refractivity contribution in [3.8, 4) is 5.75 Å². The molecule has 2 amide bonds. The Labute approximate surface area is 124 Å². The van der Waals surface area contributed by atoms with Gasteiger partial charge in [-0.25, -0.2) is 0 Å². The molecule has 0 radical (unpaired) electrons. The average molecular weight is 291 g/mol. The maximum atomic E-state index is 12.1. The van der Waals surface area contributed by atoms with Crippen LogP contribution in [0.5, 0.6) is 5.75 Å². The molecule has 0 saturated carbocycles. The van der Waals surface area contributed by atoms with Crippen molar-refractivity contribution < 1.29 is 14.3 Å². The maximum Gasteiger partial charge on any atom is 0.260 e. The van der Waals surface area contributed by atoms with Crippen molar-refractivity contribution in [3.05, 3.63) is 24.3 Å². The second kappa shape index (κ2) is 6.97. The molecule has 1 aliphatic heterocycles. The Balaban J connectivity index is 1.83. The number of piperidine rings is 1. The van der Waals surface area contributed by atoms with Crippen molar-refractivity contribution >= 4 is 17.5 Å². The number of amides is 2. The van der Waals surface area contributed by atoms with Crippen molar-refractivity contribution in [2.75, 3.05) is 25.4 Å². The summed E-state index contributed by atoms with van der Waals surface area (Å²) in [4.78, 5) is 25.0. The molecule has 0 aromatic heterocycles. The van der Waals surface area contributed by atoms with Crippen molar-refractivity contribution in [1.82, 2.24) is 10.2 Å². The molecule has 1 saturated heterocycles. The number of rotatable bonds is 4. The second-order valence-electron chi connectivity index (χ2n) is 5.24. The Morgan fingerprint density at radius 2 is 2.29 bits per heavy atom. The molecule has 1 atom stereocenters. The number of carbonyl (C=O) groups is 2. The summed E-state index contributed by atoms with van der Waals surface area (Å²) >= 11 is 0. The lowest BCUT2D eigenvalue weighted by Crippen LogP contribution is -2.50. The summed E-state index contributed by atoms with van der Waals surface area (Å²) in [5.74, 6) is 0.441. The topological polar surface area (TPSA) is 84.7 Å².